The van der Waals surface area contributed by atoms with E-state index in [9.17, 15) is 0 Å². The number of nitrogens with one attached hydrogen (secondary N) is 1. The van der Waals surface area contributed by atoms with Crippen molar-refractivity contribution >= 4 is 0 Å². The number of benzene rings is 1. The second-order valence-electron chi connectivity index (χ2n) is 5.73. The molecule has 0 amide bonds. The minimum atomic E-state index is 0.427. The van der Waals surface area contributed by atoms with Gasteiger partial charge in [0.1, 0.15) is 0 Å². The van der Waals surface area contributed by atoms with Gasteiger partial charge >= 0.3 is 0 Å². The summed E-state index contributed by atoms with van der Waals surface area (Å²) in [6, 6.07) is 9.47. The Morgan fingerprint density at radius 3 is 2.11 bits per heavy atom. The zero-order valence-electron chi connectivity index (χ0n) is 13.1. The maximum Gasteiger partial charge on any atom is 0.0488 e. The minimum absolute atomic E-state index is 0.427. The van der Waals surface area contributed by atoms with Crippen LogP contribution in [-0.4, -0.2) is 20.3 Å². The van der Waals surface area contributed by atoms with Crippen molar-refractivity contribution in [3.05, 3.63) is 35.4 Å². The summed E-state index contributed by atoms with van der Waals surface area (Å²) in [5.41, 5.74) is 2.79. The van der Waals surface area contributed by atoms with Gasteiger partial charge < -0.3 is 10.1 Å². The number of ether oxygens (including phenoxy) is 1. The Bertz CT molecular complexity index is 345. The van der Waals surface area contributed by atoms with Gasteiger partial charge in [-0.05, 0) is 35.9 Å². The smallest absolute Gasteiger partial charge is 0.0488 e. The second kappa shape index (κ2) is 8.34. The molecule has 2 unspecified atom stereocenters. The normalized spacial score (nSPS) is 14.6. The molecule has 2 nitrogen and oxygen atoms in total. The molecule has 2 atom stereocenters. The van der Waals surface area contributed by atoms with Gasteiger partial charge in [0.05, 0.1) is 0 Å². The van der Waals surface area contributed by atoms with Crippen LogP contribution in [-0.2, 0) is 4.74 Å². The van der Waals surface area contributed by atoms with Crippen molar-refractivity contribution < 1.29 is 4.74 Å². The van der Waals surface area contributed by atoms with E-state index < -0.39 is 0 Å². The van der Waals surface area contributed by atoms with Gasteiger partial charge in [0, 0.05) is 19.8 Å². The fourth-order valence-electron chi connectivity index (χ4n) is 2.45. The molecule has 0 spiro atoms. The lowest BCUT2D eigenvalue weighted by Crippen LogP contribution is -2.24. The van der Waals surface area contributed by atoms with Crippen molar-refractivity contribution in [3.8, 4) is 0 Å². The molecule has 1 N–H and O–H groups in total. The summed E-state index contributed by atoms with van der Waals surface area (Å²) in [7, 11) is 1.77. The highest BCUT2D eigenvalue weighted by molar-refractivity contribution is 5.27. The van der Waals surface area contributed by atoms with Gasteiger partial charge in [-0.2, -0.15) is 0 Å². The van der Waals surface area contributed by atoms with Crippen molar-refractivity contribution in [1.82, 2.24) is 5.32 Å². The van der Waals surface area contributed by atoms with Crippen LogP contribution >= 0.6 is 0 Å². The highest BCUT2D eigenvalue weighted by Gasteiger charge is 2.14. The number of hydrogen-bond donors (Lipinski definition) is 1. The first-order valence-corrected chi connectivity index (χ1v) is 7.40. The van der Waals surface area contributed by atoms with Crippen LogP contribution in [0, 0.1) is 5.92 Å². The van der Waals surface area contributed by atoms with Gasteiger partial charge in [-0.3, -0.25) is 0 Å². The molecule has 1 aromatic carbocycles. The van der Waals surface area contributed by atoms with E-state index in [2.05, 4.69) is 57.3 Å². The number of hydrogen-bond acceptors (Lipinski definition) is 2. The fraction of sp³-hybridized carbons (Fsp3) is 0.647. The van der Waals surface area contributed by atoms with Crippen LogP contribution in [0.3, 0.4) is 0 Å². The van der Waals surface area contributed by atoms with E-state index in [1.807, 2.05) is 0 Å². The van der Waals surface area contributed by atoms with Crippen LogP contribution in [0.5, 0.6) is 0 Å². The second-order valence-corrected chi connectivity index (χ2v) is 5.73. The maximum absolute atomic E-state index is 5.24. The van der Waals surface area contributed by atoms with Gasteiger partial charge in [0.15, 0.2) is 0 Å². The van der Waals surface area contributed by atoms with E-state index >= 15 is 0 Å². The lowest BCUT2D eigenvalue weighted by atomic mass is 9.94. The molecule has 0 radical (unpaired) electrons. The van der Waals surface area contributed by atoms with Crippen LogP contribution in [0.2, 0.25) is 0 Å². The van der Waals surface area contributed by atoms with E-state index in [0.29, 0.717) is 17.9 Å². The predicted octanol–water partition coefficient (Wildman–Crippen LogP) is 4.13. The molecular weight excluding hydrogens is 234 g/mol. The number of rotatable bonds is 8. The lowest BCUT2D eigenvalue weighted by Gasteiger charge is -2.22. The van der Waals surface area contributed by atoms with Gasteiger partial charge in [-0.1, -0.05) is 52.0 Å². The summed E-state index contributed by atoms with van der Waals surface area (Å²) in [5, 5.41) is 3.58. The number of methoxy groups -OCH3 is 1. The van der Waals surface area contributed by atoms with E-state index in [-0.39, 0.29) is 0 Å². The van der Waals surface area contributed by atoms with Gasteiger partial charge in [0.2, 0.25) is 0 Å². The quantitative estimate of drug-likeness (QED) is 0.761. The zero-order valence-corrected chi connectivity index (χ0v) is 13.1. The van der Waals surface area contributed by atoms with E-state index in [1.165, 1.54) is 11.1 Å². The van der Waals surface area contributed by atoms with E-state index in [0.717, 1.165) is 19.6 Å². The summed E-state index contributed by atoms with van der Waals surface area (Å²) in [6.07, 6.45) is 1.11. The van der Waals surface area contributed by atoms with Crippen molar-refractivity contribution in [2.24, 2.45) is 5.92 Å². The molecule has 0 aliphatic carbocycles. The molecule has 0 bridgehead atoms. The van der Waals surface area contributed by atoms with Gasteiger partial charge in [-0.15, -0.1) is 0 Å². The Labute approximate surface area is 118 Å². The van der Waals surface area contributed by atoms with Crippen molar-refractivity contribution in [1.29, 1.82) is 0 Å². The molecule has 0 aromatic heterocycles. The zero-order chi connectivity index (χ0) is 14.3. The van der Waals surface area contributed by atoms with Crippen LogP contribution in [0.25, 0.3) is 0 Å². The predicted molar refractivity (Wildman–Crippen MR) is 82.6 cm³/mol. The van der Waals surface area contributed by atoms with Gasteiger partial charge in [-0.25, -0.2) is 0 Å². The van der Waals surface area contributed by atoms with Crippen LogP contribution in [0.4, 0.5) is 0 Å². The Hall–Kier alpha value is -0.860. The van der Waals surface area contributed by atoms with Crippen LogP contribution < -0.4 is 5.32 Å². The summed E-state index contributed by atoms with van der Waals surface area (Å²) < 4.78 is 5.24. The molecule has 2 heteroatoms. The first-order chi connectivity index (χ1) is 9.08. The minimum Gasteiger partial charge on any atom is -0.384 e. The highest BCUT2D eigenvalue weighted by atomic mass is 16.5. The van der Waals surface area contributed by atoms with E-state index in [4.69, 9.17) is 4.74 Å². The topological polar surface area (TPSA) is 21.3 Å². The third kappa shape index (κ3) is 5.33. The highest BCUT2D eigenvalue weighted by Crippen LogP contribution is 2.23. The van der Waals surface area contributed by atoms with Crippen molar-refractivity contribution in [3.63, 3.8) is 0 Å². The molecule has 0 fully saturated rings. The standard InChI is InChI=1S/C17H29NO/c1-6-18-17(11-14(4)12-19-5)16-9-7-15(8-10-16)13(2)3/h7-10,13-14,17-18H,6,11-12H2,1-5H3. The van der Waals surface area contributed by atoms with Gasteiger partial charge in [0.25, 0.3) is 0 Å². The maximum atomic E-state index is 5.24. The van der Waals surface area contributed by atoms with Crippen molar-refractivity contribution in [2.45, 2.75) is 46.1 Å². The molecule has 108 valence electrons. The molecule has 1 rings (SSSR count). The molecule has 0 saturated carbocycles. The fourth-order valence-corrected chi connectivity index (χ4v) is 2.45. The Kier molecular flexibility index (Phi) is 7.11. The molecule has 0 aliphatic rings. The summed E-state index contributed by atoms with van der Waals surface area (Å²) in [4.78, 5) is 0. The molecule has 1 aromatic rings. The first kappa shape index (κ1) is 16.2. The van der Waals surface area contributed by atoms with E-state index in [1.54, 1.807) is 7.11 Å². The summed E-state index contributed by atoms with van der Waals surface area (Å²) in [5.74, 6) is 1.16. The Morgan fingerprint density at radius 1 is 1.05 bits per heavy atom. The average Bonchev–Trinajstić information content (AvgIpc) is 2.38. The van der Waals surface area contributed by atoms with Crippen LogP contribution in [0.1, 0.15) is 57.2 Å². The SMILES string of the molecule is CCNC(CC(C)COC)c1ccc(C(C)C)cc1. The van der Waals surface area contributed by atoms with Crippen molar-refractivity contribution in [2.75, 3.05) is 20.3 Å². The first-order valence-electron chi connectivity index (χ1n) is 7.40. The Morgan fingerprint density at radius 2 is 1.63 bits per heavy atom. The third-order valence-corrected chi connectivity index (χ3v) is 3.55. The Balaban J connectivity index is 2.74. The summed E-state index contributed by atoms with van der Waals surface area (Å²) >= 11 is 0. The summed E-state index contributed by atoms with van der Waals surface area (Å²) in [6.45, 7) is 10.7. The molecule has 0 heterocycles. The molecule has 0 saturated heterocycles. The monoisotopic (exact) mass is 263 g/mol. The average molecular weight is 263 g/mol. The molecule has 0 aliphatic heterocycles. The largest absolute Gasteiger partial charge is 0.384 e. The molecular formula is C17H29NO. The lowest BCUT2D eigenvalue weighted by molar-refractivity contribution is 0.149. The van der Waals surface area contributed by atoms with Crippen LogP contribution in [0.15, 0.2) is 24.3 Å². The third-order valence-electron chi connectivity index (χ3n) is 3.55. The molecule has 19 heavy (non-hydrogen) atoms.